The van der Waals surface area contributed by atoms with Crippen LogP contribution in [-0.2, 0) is 28.6 Å². The highest BCUT2D eigenvalue weighted by atomic mass is 16.6. The molecule has 54 heavy (non-hydrogen) atoms. The Labute approximate surface area is 335 Å². The minimum Gasteiger partial charge on any atom is -0.462 e. The molecule has 0 heterocycles. The van der Waals surface area contributed by atoms with Gasteiger partial charge in [-0.25, -0.2) is 0 Å². The van der Waals surface area contributed by atoms with Crippen LogP contribution in [0.4, 0.5) is 0 Å². The number of esters is 3. The quantitative estimate of drug-likeness (QED) is 0.0266. The summed E-state index contributed by atoms with van der Waals surface area (Å²) >= 11 is 0. The van der Waals surface area contributed by atoms with E-state index >= 15 is 0 Å². The van der Waals surface area contributed by atoms with Gasteiger partial charge in [0.25, 0.3) is 0 Å². The zero-order chi connectivity index (χ0) is 39.4. The summed E-state index contributed by atoms with van der Waals surface area (Å²) in [5.74, 6) is -0.868. The Hall–Kier alpha value is -1.85. The van der Waals surface area contributed by atoms with Crippen LogP contribution in [-0.4, -0.2) is 37.2 Å². The molecule has 0 aliphatic rings. The number of hydrogen-bond acceptors (Lipinski definition) is 6. The van der Waals surface area contributed by atoms with Crippen molar-refractivity contribution in [1.29, 1.82) is 0 Å². The van der Waals surface area contributed by atoms with E-state index in [1.807, 2.05) is 0 Å². The maximum Gasteiger partial charge on any atom is 0.306 e. The molecule has 0 N–H and O–H groups in total. The average molecular weight is 763 g/mol. The van der Waals surface area contributed by atoms with Gasteiger partial charge >= 0.3 is 17.9 Å². The maximum atomic E-state index is 12.7. The summed E-state index contributed by atoms with van der Waals surface area (Å²) in [6.07, 6.45) is 46.1. The summed E-state index contributed by atoms with van der Waals surface area (Å²) in [5.41, 5.74) is 0. The molecule has 0 rings (SSSR count). The van der Waals surface area contributed by atoms with Gasteiger partial charge in [0.15, 0.2) is 6.10 Å². The Balaban J connectivity index is 4.34. The molecular weight excluding hydrogens is 673 g/mol. The fraction of sp³-hybridized carbons (Fsp3) is 0.896. The van der Waals surface area contributed by atoms with Crippen molar-refractivity contribution >= 4 is 17.9 Å². The highest BCUT2D eigenvalue weighted by molar-refractivity contribution is 5.71. The van der Waals surface area contributed by atoms with E-state index in [0.29, 0.717) is 19.3 Å². The zero-order valence-corrected chi connectivity index (χ0v) is 36.3. The minimum atomic E-state index is -0.764. The molecular formula is C48H90O6. The molecule has 0 aromatic rings. The summed E-state index contributed by atoms with van der Waals surface area (Å²) in [5, 5.41) is 0. The molecule has 318 valence electrons. The molecule has 0 bridgehead atoms. The molecule has 1 atom stereocenters. The van der Waals surface area contributed by atoms with Gasteiger partial charge in [0.2, 0.25) is 0 Å². The van der Waals surface area contributed by atoms with Crippen LogP contribution >= 0.6 is 0 Å². The second kappa shape index (κ2) is 43.9. The number of carbonyl (C=O) groups excluding carboxylic acids is 3. The topological polar surface area (TPSA) is 78.9 Å². The standard InChI is InChI=1S/C48H90O6/c1-4-7-10-13-16-19-22-24-25-27-29-32-35-38-41-47(50)53-44-45(43-52-46(49)40-37-34-31-28-21-18-15-12-9-6-3)54-48(51)42-39-36-33-30-26-23-20-17-14-11-8-5-2/h22,24,45H,4-21,23,25-44H2,1-3H3/b24-22-/t45-/m1/s1. The first kappa shape index (κ1) is 52.2. The predicted molar refractivity (Wildman–Crippen MR) is 229 cm³/mol. The Bertz CT molecular complexity index is 839. The minimum absolute atomic E-state index is 0.0681. The van der Waals surface area contributed by atoms with Crippen LogP contribution in [0.2, 0.25) is 0 Å². The normalized spacial score (nSPS) is 12.0. The van der Waals surface area contributed by atoms with Gasteiger partial charge in [0, 0.05) is 19.3 Å². The lowest BCUT2D eigenvalue weighted by molar-refractivity contribution is -0.167. The van der Waals surface area contributed by atoms with Crippen molar-refractivity contribution in [3.05, 3.63) is 12.2 Å². The third-order valence-electron chi connectivity index (χ3n) is 10.5. The first-order valence-electron chi connectivity index (χ1n) is 23.7. The Morgan fingerprint density at radius 3 is 0.926 bits per heavy atom. The molecule has 0 fully saturated rings. The predicted octanol–water partition coefficient (Wildman–Crippen LogP) is 15.0. The van der Waals surface area contributed by atoms with Crippen LogP contribution in [0.1, 0.15) is 258 Å². The van der Waals surface area contributed by atoms with E-state index < -0.39 is 6.10 Å². The number of rotatable bonds is 43. The highest BCUT2D eigenvalue weighted by Gasteiger charge is 2.19. The third-order valence-corrected chi connectivity index (χ3v) is 10.5. The lowest BCUT2D eigenvalue weighted by Crippen LogP contribution is -2.30. The molecule has 0 aliphatic carbocycles. The molecule has 0 saturated heterocycles. The van der Waals surface area contributed by atoms with Crippen LogP contribution in [0.5, 0.6) is 0 Å². The van der Waals surface area contributed by atoms with Gasteiger partial charge in [-0.3, -0.25) is 14.4 Å². The molecule has 0 saturated carbocycles. The summed E-state index contributed by atoms with van der Waals surface area (Å²) in [6, 6.07) is 0. The van der Waals surface area contributed by atoms with Gasteiger partial charge in [0.05, 0.1) is 0 Å². The van der Waals surface area contributed by atoms with Gasteiger partial charge < -0.3 is 14.2 Å². The molecule has 0 aromatic carbocycles. The molecule has 0 aromatic heterocycles. The lowest BCUT2D eigenvalue weighted by atomic mass is 10.0. The number of unbranched alkanes of at least 4 members (excludes halogenated alkanes) is 30. The second-order valence-corrected chi connectivity index (χ2v) is 16.0. The Kier molecular flexibility index (Phi) is 42.4. The number of ether oxygens (including phenoxy) is 3. The van der Waals surface area contributed by atoms with Gasteiger partial charge in [-0.15, -0.1) is 0 Å². The van der Waals surface area contributed by atoms with Crippen molar-refractivity contribution in [2.24, 2.45) is 0 Å². The molecule has 6 heteroatoms. The van der Waals surface area contributed by atoms with Gasteiger partial charge in [-0.1, -0.05) is 206 Å². The van der Waals surface area contributed by atoms with Crippen molar-refractivity contribution in [2.45, 2.75) is 264 Å². The van der Waals surface area contributed by atoms with Gasteiger partial charge in [-0.2, -0.15) is 0 Å². The van der Waals surface area contributed by atoms with Gasteiger partial charge in [-0.05, 0) is 44.9 Å². The third kappa shape index (κ3) is 41.3. The van der Waals surface area contributed by atoms with Crippen molar-refractivity contribution in [3.8, 4) is 0 Å². The van der Waals surface area contributed by atoms with E-state index in [2.05, 4.69) is 32.9 Å². The number of hydrogen-bond donors (Lipinski definition) is 0. The molecule has 6 nitrogen and oxygen atoms in total. The molecule has 0 amide bonds. The molecule has 0 unspecified atom stereocenters. The molecule has 0 radical (unpaired) electrons. The largest absolute Gasteiger partial charge is 0.462 e. The summed E-state index contributed by atoms with van der Waals surface area (Å²) in [6.45, 7) is 6.62. The van der Waals surface area contributed by atoms with Crippen LogP contribution < -0.4 is 0 Å². The first-order valence-corrected chi connectivity index (χ1v) is 23.7. The van der Waals surface area contributed by atoms with Crippen LogP contribution in [0.3, 0.4) is 0 Å². The average Bonchev–Trinajstić information content (AvgIpc) is 3.17. The first-order chi connectivity index (χ1) is 26.5. The zero-order valence-electron chi connectivity index (χ0n) is 36.3. The Morgan fingerprint density at radius 1 is 0.352 bits per heavy atom. The fourth-order valence-corrected chi connectivity index (χ4v) is 6.91. The van der Waals surface area contributed by atoms with Crippen molar-refractivity contribution in [3.63, 3.8) is 0 Å². The van der Waals surface area contributed by atoms with Crippen LogP contribution in [0.15, 0.2) is 12.2 Å². The maximum absolute atomic E-state index is 12.7. The smallest absolute Gasteiger partial charge is 0.306 e. The molecule has 0 spiro atoms. The van der Waals surface area contributed by atoms with E-state index in [1.165, 1.54) is 154 Å². The van der Waals surface area contributed by atoms with E-state index in [1.54, 1.807) is 0 Å². The lowest BCUT2D eigenvalue weighted by Gasteiger charge is -2.18. The Morgan fingerprint density at radius 2 is 0.611 bits per heavy atom. The van der Waals surface area contributed by atoms with E-state index in [4.69, 9.17) is 14.2 Å². The summed E-state index contributed by atoms with van der Waals surface area (Å²) in [7, 11) is 0. The number of carbonyl (C=O) groups is 3. The fourth-order valence-electron chi connectivity index (χ4n) is 6.91. The van der Waals surface area contributed by atoms with Crippen molar-refractivity contribution in [1.82, 2.24) is 0 Å². The molecule has 0 aliphatic heterocycles. The van der Waals surface area contributed by atoms with Crippen LogP contribution in [0, 0.1) is 0 Å². The van der Waals surface area contributed by atoms with E-state index in [-0.39, 0.29) is 31.1 Å². The van der Waals surface area contributed by atoms with E-state index in [9.17, 15) is 14.4 Å². The highest BCUT2D eigenvalue weighted by Crippen LogP contribution is 2.15. The van der Waals surface area contributed by atoms with Crippen molar-refractivity contribution < 1.29 is 28.6 Å². The number of allylic oxidation sites excluding steroid dienone is 2. The van der Waals surface area contributed by atoms with E-state index in [0.717, 1.165) is 64.2 Å². The van der Waals surface area contributed by atoms with Crippen molar-refractivity contribution in [2.75, 3.05) is 13.2 Å². The van der Waals surface area contributed by atoms with Gasteiger partial charge in [0.1, 0.15) is 13.2 Å². The summed E-state index contributed by atoms with van der Waals surface area (Å²) < 4.78 is 16.7. The summed E-state index contributed by atoms with van der Waals surface area (Å²) in [4.78, 5) is 37.7. The SMILES string of the molecule is CCCCCCC/C=C\CCCCCCCC(=O)OC[C@@H](COC(=O)CCCCCCCCCCCC)OC(=O)CCCCCCCCCCCCCC. The monoisotopic (exact) mass is 763 g/mol. The van der Waals surface area contributed by atoms with Crippen LogP contribution in [0.25, 0.3) is 0 Å². The second-order valence-electron chi connectivity index (χ2n) is 16.0.